The lowest BCUT2D eigenvalue weighted by molar-refractivity contribution is -0.197. The highest BCUT2D eigenvalue weighted by molar-refractivity contribution is 5.80. The maximum atomic E-state index is 12.7. The van der Waals surface area contributed by atoms with Crippen LogP contribution in [0.5, 0.6) is 0 Å². The predicted molar refractivity (Wildman–Crippen MR) is 95.1 cm³/mol. The van der Waals surface area contributed by atoms with Crippen LogP contribution >= 0.6 is 0 Å². The highest BCUT2D eigenvalue weighted by Gasteiger charge is 2.57. The zero-order valence-electron chi connectivity index (χ0n) is 16.2. The molecule has 27 heavy (non-hydrogen) atoms. The van der Waals surface area contributed by atoms with Crippen LogP contribution in [0, 0.1) is 22.7 Å². The molecule has 3 saturated heterocycles. The molecule has 1 unspecified atom stereocenters. The molecule has 2 amide bonds. The molecule has 4 aliphatic rings. The number of hydrogen-bond donors (Lipinski definition) is 2. The van der Waals surface area contributed by atoms with E-state index in [1.165, 1.54) is 0 Å². The number of carbonyl (C=O) groups is 2. The maximum Gasteiger partial charge on any atom is 0.317 e. The van der Waals surface area contributed by atoms with Crippen LogP contribution in [-0.2, 0) is 19.0 Å². The van der Waals surface area contributed by atoms with Gasteiger partial charge in [0.15, 0.2) is 5.79 Å². The molecule has 1 spiro atoms. The molecular formula is C19H30N2O6. The Bertz CT molecular complexity index is 612. The van der Waals surface area contributed by atoms with Gasteiger partial charge in [-0.05, 0) is 24.2 Å². The number of amides is 2. The first kappa shape index (κ1) is 19.0. The highest BCUT2D eigenvalue weighted by atomic mass is 16.8. The van der Waals surface area contributed by atoms with Gasteiger partial charge in [-0.3, -0.25) is 4.79 Å². The summed E-state index contributed by atoms with van der Waals surface area (Å²) in [6, 6.07) is -0.181. The van der Waals surface area contributed by atoms with Crippen LogP contribution in [0.4, 0.5) is 4.79 Å². The van der Waals surface area contributed by atoms with Crippen molar-refractivity contribution in [3.05, 3.63) is 0 Å². The normalized spacial score (nSPS) is 35.0. The Morgan fingerprint density at radius 1 is 1.30 bits per heavy atom. The molecule has 0 bridgehead atoms. The molecule has 0 aromatic heterocycles. The van der Waals surface area contributed by atoms with Crippen molar-refractivity contribution in [2.75, 3.05) is 46.1 Å². The topological polar surface area (TPSA) is 97.3 Å². The second kappa shape index (κ2) is 6.60. The van der Waals surface area contributed by atoms with Crippen LogP contribution in [0.15, 0.2) is 0 Å². The number of carboxylic acids is 1. The molecule has 3 atom stereocenters. The Kier molecular flexibility index (Phi) is 4.63. The van der Waals surface area contributed by atoms with E-state index >= 15 is 0 Å². The summed E-state index contributed by atoms with van der Waals surface area (Å²) in [5, 5.41) is 12.7. The van der Waals surface area contributed by atoms with Crippen LogP contribution in [0.1, 0.15) is 33.1 Å². The summed E-state index contributed by atoms with van der Waals surface area (Å²) in [5.74, 6) is -1.37. The SMILES string of the molecule is CC(C)(CNC(=O)N1C[C@@H]2CCC[C@@]2(C(=O)O)C1)C1COCC12OCCO2. The second-order valence-corrected chi connectivity index (χ2v) is 9.15. The standard InChI is InChI=1S/C19H30N2O6/c1-17(2,14-9-25-12-19(14)26-6-7-27-19)10-20-16(24)21-8-13-4-3-5-18(13,11-21)15(22)23/h13-14H,3-12H2,1-2H3,(H,20,24)(H,22,23)/t13-,14?,18+/m0/s1. The van der Waals surface area contributed by atoms with E-state index < -0.39 is 17.2 Å². The van der Waals surface area contributed by atoms with E-state index in [1.807, 2.05) is 0 Å². The first-order chi connectivity index (χ1) is 12.8. The summed E-state index contributed by atoms with van der Waals surface area (Å²) < 4.78 is 17.4. The highest BCUT2D eigenvalue weighted by Crippen LogP contribution is 2.49. The van der Waals surface area contributed by atoms with Crippen molar-refractivity contribution in [2.24, 2.45) is 22.7 Å². The Labute approximate surface area is 159 Å². The number of nitrogens with one attached hydrogen (secondary N) is 1. The fraction of sp³-hybridized carbons (Fsp3) is 0.895. The molecule has 1 saturated carbocycles. The fourth-order valence-corrected chi connectivity index (χ4v) is 5.45. The van der Waals surface area contributed by atoms with Crippen LogP contribution in [-0.4, -0.2) is 73.9 Å². The summed E-state index contributed by atoms with van der Waals surface area (Å²) >= 11 is 0. The summed E-state index contributed by atoms with van der Waals surface area (Å²) in [7, 11) is 0. The Hall–Kier alpha value is -1.38. The van der Waals surface area contributed by atoms with Gasteiger partial charge in [0, 0.05) is 25.6 Å². The van der Waals surface area contributed by atoms with Gasteiger partial charge >= 0.3 is 12.0 Å². The average molecular weight is 382 g/mol. The van der Waals surface area contributed by atoms with Gasteiger partial charge < -0.3 is 29.5 Å². The molecule has 3 aliphatic heterocycles. The number of nitrogens with zero attached hydrogens (tertiary/aromatic N) is 1. The Morgan fingerprint density at radius 3 is 2.70 bits per heavy atom. The van der Waals surface area contributed by atoms with Crippen molar-refractivity contribution in [1.82, 2.24) is 10.2 Å². The fourth-order valence-electron chi connectivity index (χ4n) is 5.45. The number of aliphatic carboxylic acids is 1. The quantitative estimate of drug-likeness (QED) is 0.761. The number of carbonyl (C=O) groups excluding carboxylic acids is 1. The smallest absolute Gasteiger partial charge is 0.317 e. The van der Waals surface area contributed by atoms with E-state index in [2.05, 4.69) is 19.2 Å². The van der Waals surface area contributed by atoms with Crippen molar-refractivity contribution < 1.29 is 28.9 Å². The van der Waals surface area contributed by atoms with Crippen molar-refractivity contribution in [1.29, 1.82) is 0 Å². The van der Waals surface area contributed by atoms with Crippen LogP contribution in [0.25, 0.3) is 0 Å². The minimum absolute atomic E-state index is 0.0242. The number of carboxylic acid groups (broad SMARTS) is 1. The third-order valence-electron chi connectivity index (χ3n) is 7.12. The Morgan fingerprint density at radius 2 is 2.04 bits per heavy atom. The van der Waals surface area contributed by atoms with Gasteiger partial charge in [-0.2, -0.15) is 0 Å². The number of hydrogen-bond acceptors (Lipinski definition) is 5. The van der Waals surface area contributed by atoms with Gasteiger partial charge in [-0.15, -0.1) is 0 Å². The summed E-state index contributed by atoms with van der Waals surface area (Å²) in [6.45, 7) is 7.54. The third-order valence-corrected chi connectivity index (χ3v) is 7.12. The molecule has 0 aromatic carbocycles. The number of fused-ring (bicyclic) bond motifs is 1. The molecule has 0 aromatic rings. The van der Waals surface area contributed by atoms with Gasteiger partial charge in [0.25, 0.3) is 0 Å². The van der Waals surface area contributed by atoms with E-state index in [9.17, 15) is 14.7 Å². The first-order valence-corrected chi connectivity index (χ1v) is 9.91. The average Bonchev–Trinajstić information content (AvgIpc) is 3.37. The van der Waals surface area contributed by atoms with Crippen molar-refractivity contribution >= 4 is 12.0 Å². The van der Waals surface area contributed by atoms with Gasteiger partial charge in [0.1, 0.15) is 6.61 Å². The molecule has 8 nitrogen and oxygen atoms in total. The lowest BCUT2D eigenvalue weighted by atomic mass is 9.75. The summed E-state index contributed by atoms with van der Waals surface area (Å²) in [6.07, 6.45) is 2.49. The van der Waals surface area contributed by atoms with E-state index in [0.717, 1.165) is 12.8 Å². The van der Waals surface area contributed by atoms with Crippen molar-refractivity contribution in [3.8, 4) is 0 Å². The number of likely N-dealkylation sites (tertiary alicyclic amines) is 1. The molecule has 8 heteroatoms. The maximum absolute atomic E-state index is 12.7. The minimum atomic E-state index is -0.763. The lowest BCUT2D eigenvalue weighted by Gasteiger charge is -2.39. The van der Waals surface area contributed by atoms with Crippen LogP contribution < -0.4 is 5.32 Å². The molecular weight excluding hydrogens is 352 g/mol. The molecule has 2 N–H and O–H groups in total. The number of ether oxygens (including phenoxy) is 3. The minimum Gasteiger partial charge on any atom is -0.481 e. The van der Waals surface area contributed by atoms with Gasteiger partial charge in [0.2, 0.25) is 0 Å². The summed E-state index contributed by atoms with van der Waals surface area (Å²) in [5.41, 5.74) is -1.03. The van der Waals surface area contributed by atoms with E-state index in [1.54, 1.807) is 4.90 Å². The molecule has 152 valence electrons. The first-order valence-electron chi connectivity index (χ1n) is 9.91. The zero-order valence-corrected chi connectivity index (χ0v) is 16.2. The van der Waals surface area contributed by atoms with Crippen molar-refractivity contribution in [3.63, 3.8) is 0 Å². The Balaban J connectivity index is 1.37. The van der Waals surface area contributed by atoms with Crippen LogP contribution in [0.3, 0.4) is 0 Å². The van der Waals surface area contributed by atoms with Crippen LogP contribution in [0.2, 0.25) is 0 Å². The molecule has 4 fully saturated rings. The largest absolute Gasteiger partial charge is 0.481 e. The predicted octanol–water partition coefficient (Wildman–Crippen LogP) is 1.30. The van der Waals surface area contributed by atoms with Crippen molar-refractivity contribution in [2.45, 2.75) is 38.9 Å². The molecule has 4 rings (SSSR count). The van der Waals surface area contributed by atoms with Gasteiger partial charge in [-0.1, -0.05) is 20.3 Å². The van der Waals surface area contributed by atoms with E-state index in [0.29, 0.717) is 52.5 Å². The van der Waals surface area contributed by atoms with Gasteiger partial charge in [0.05, 0.1) is 25.2 Å². The number of rotatable bonds is 4. The molecule has 0 radical (unpaired) electrons. The molecule has 1 aliphatic carbocycles. The lowest BCUT2D eigenvalue weighted by Crippen LogP contribution is -2.51. The number of urea groups is 1. The summed E-state index contributed by atoms with van der Waals surface area (Å²) in [4.78, 5) is 26.2. The van der Waals surface area contributed by atoms with E-state index in [-0.39, 0.29) is 23.3 Å². The van der Waals surface area contributed by atoms with Gasteiger partial charge in [-0.25, -0.2) is 4.79 Å². The zero-order chi connectivity index (χ0) is 19.3. The monoisotopic (exact) mass is 382 g/mol. The molecule has 3 heterocycles. The second-order valence-electron chi connectivity index (χ2n) is 9.15. The third kappa shape index (κ3) is 3.02. The van der Waals surface area contributed by atoms with E-state index in [4.69, 9.17) is 14.2 Å².